The summed E-state index contributed by atoms with van der Waals surface area (Å²) in [6.07, 6.45) is 0.450. The first-order valence-electron chi connectivity index (χ1n) is 5.65. The fourth-order valence-electron chi connectivity index (χ4n) is 2.26. The van der Waals surface area contributed by atoms with Crippen molar-refractivity contribution < 1.29 is 14.3 Å². The molecule has 1 saturated carbocycles. The third-order valence-electron chi connectivity index (χ3n) is 3.26. The Morgan fingerprint density at radius 3 is 2.59 bits per heavy atom. The summed E-state index contributed by atoms with van der Waals surface area (Å²) >= 11 is 0. The van der Waals surface area contributed by atoms with Crippen molar-refractivity contribution in [1.29, 1.82) is 0 Å². The van der Waals surface area contributed by atoms with Gasteiger partial charge in [-0.2, -0.15) is 0 Å². The Morgan fingerprint density at radius 2 is 2.06 bits per heavy atom. The van der Waals surface area contributed by atoms with Crippen LogP contribution in [0.15, 0.2) is 30.3 Å². The topological polar surface area (TPSA) is 69.4 Å². The van der Waals surface area contributed by atoms with Gasteiger partial charge in [-0.25, -0.2) is 0 Å². The van der Waals surface area contributed by atoms with Gasteiger partial charge in [0.15, 0.2) is 0 Å². The molecule has 0 aromatic heterocycles. The average Bonchev–Trinajstić information content (AvgIpc) is 3.07. The van der Waals surface area contributed by atoms with Crippen molar-refractivity contribution in [2.75, 3.05) is 6.61 Å². The van der Waals surface area contributed by atoms with Gasteiger partial charge in [0, 0.05) is 0 Å². The highest BCUT2D eigenvalue weighted by atomic mass is 16.5. The number of amides is 1. The third kappa shape index (κ3) is 1.79. The van der Waals surface area contributed by atoms with Crippen LogP contribution in [0.3, 0.4) is 0 Å². The first-order valence-corrected chi connectivity index (χ1v) is 5.65. The lowest BCUT2D eigenvalue weighted by atomic mass is 9.92. The van der Waals surface area contributed by atoms with Gasteiger partial charge in [0.05, 0.1) is 17.9 Å². The highest BCUT2D eigenvalue weighted by molar-refractivity contribution is 5.98. The minimum Gasteiger partial charge on any atom is -0.466 e. The molecule has 17 heavy (non-hydrogen) atoms. The Kier molecular flexibility index (Phi) is 2.88. The number of primary amides is 1. The predicted molar refractivity (Wildman–Crippen MR) is 62.1 cm³/mol. The van der Waals surface area contributed by atoms with Crippen molar-refractivity contribution in [3.63, 3.8) is 0 Å². The minimum absolute atomic E-state index is 0.318. The lowest BCUT2D eigenvalue weighted by Crippen LogP contribution is -2.32. The lowest BCUT2D eigenvalue weighted by Gasteiger charge is -2.13. The number of carbonyl (C=O) groups excluding carboxylic acids is 2. The summed E-state index contributed by atoms with van der Waals surface area (Å²) in [6.45, 7) is 2.06. The second-order valence-corrected chi connectivity index (χ2v) is 4.21. The number of hydrogen-bond acceptors (Lipinski definition) is 3. The van der Waals surface area contributed by atoms with Crippen LogP contribution in [-0.2, 0) is 19.7 Å². The zero-order chi connectivity index (χ0) is 12.5. The van der Waals surface area contributed by atoms with Crippen molar-refractivity contribution in [1.82, 2.24) is 0 Å². The summed E-state index contributed by atoms with van der Waals surface area (Å²) in [4.78, 5) is 23.3. The molecule has 90 valence electrons. The summed E-state index contributed by atoms with van der Waals surface area (Å²) in [5.74, 6) is -1.22. The molecule has 1 aliphatic rings. The van der Waals surface area contributed by atoms with E-state index in [1.807, 2.05) is 30.3 Å². The molecule has 1 amide bonds. The molecule has 2 atom stereocenters. The molecular weight excluding hydrogens is 218 g/mol. The molecular formula is C13H15NO3. The van der Waals surface area contributed by atoms with E-state index in [4.69, 9.17) is 10.5 Å². The molecule has 0 radical (unpaired) electrons. The largest absolute Gasteiger partial charge is 0.466 e. The minimum atomic E-state index is -0.854. The van der Waals surface area contributed by atoms with Gasteiger partial charge in [0.1, 0.15) is 0 Å². The number of esters is 1. The Labute approximate surface area is 99.8 Å². The number of benzene rings is 1. The number of ether oxygens (including phenoxy) is 1. The second-order valence-electron chi connectivity index (χ2n) is 4.21. The van der Waals surface area contributed by atoms with Crippen LogP contribution >= 0.6 is 0 Å². The Hall–Kier alpha value is -1.84. The smallest absolute Gasteiger partial charge is 0.310 e. The Bertz CT molecular complexity index is 443. The maximum absolute atomic E-state index is 11.7. The van der Waals surface area contributed by atoms with E-state index in [0.29, 0.717) is 13.0 Å². The number of hydrogen-bond donors (Lipinski definition) is 1. The van der Waals surface area contributed by atoms with E-state index in [1.165, 1.54) is 0 Å². The number of rotatable bonds is 4. The van der Waals surface area contributed by atoms with E-state index in [2.05, 4.69) is 0 Å². The molecule has 0 bridgehead atoms. The van der Waals surface area contributed by atoms with Crippen LogP contribution in [0.25, 0.3) is 0 Å². The maximum Gasteiger partial charge on any atom is 0.310 e. The molecule has 1 aliphatic carbocycles. The fourth-order valence-corrected chi connectivity index (χ4v) is 2.26. The van der Waals surface area contributed by atoms with Crippen molar-refractivity contribution in [2.45, 2.75) is 18.8 Å². The average molecular weight is 233 g/mol. The van der Waals surface area contributed by atoms with Crippen LogP contribution in [0.2, 0.25) is 0 Å². The maximum atomic E-state index is 11.7. The zero-order valence-corrected chi connectivity index (χ0v) is 9.68. The first-order chi connectivity index (χ1) is 8.13. The van der Waals surface area contributed by atoms with E-state index in [1.54, 1.807) is 6.92 Å². The molecule has 0 unspecified atom stereocenters. The lowest BCUT2D eigenvalue weighted by molar-refractivity contribution is -0.146. The fraction of sp³-hybridized carbons (Fsp3) is 0.385. The number of nitrogens with two attached hydrogens (primary N) is 1. The third-order valence-corrected chi connectivity index (χ3v) is 3.26. The zero-order valence-electron chi connectivity index (χ0n) is 9.68. The Balaban J connectivity index is 2.27. The van der Waals surface area contributed by atoms with E-state index < -0.39 is 17.2 Å². The van der Waals surface area contributed by atoms with E-state index in [0.717, 1.165) is 5.56 Å². The van der Waals surface area contributed by atoms with Crippen molar-refractivity contribution >= 4 is 11.9 Å². The molecule has 4 nitrogen and oxygen atoms in total. The van der Waals surface area contributed by atoms with Crippen LogP contribution in [-0.4, -0.2) is 18.5 Å². The molecule has 0 spiro atoms. The molecule has 2 rings (SSSR count). The standard InChI is InChI=1S/C13H15NO3/c1-2-17-11(15)10-8-13(10,12(14)16)9-6-4-3-5-7-9/h3-7,10H,2,8H2,1H3,(H2,14,16)/t10-,13+/m0/s1. The molecule has 0 saturated heterocycles. The van der Waals surface area contributed by atoms with Gasteiger partial charge in [-0.1, -0.05) is 30.3 Å². The van der Waals surface area contributed by atoms with Crippen LogP contribution < -0.4 is 5.73 Å². The van der Waals surface area contributed by atoms with Gasteiger partial charge in [-0.15, -0.1) is 0 Å². The molecule has 0 heterocycles. The summed E-state index contributed by atoms with van der Waals surface area (Å²) in [5.41, 5.74) is 5.39. The highest BCUT2D eigenvalue weighted by Gasteiger charge is 2.64. The van der Waals surface area contributed by atoms with E-state index in [-0.39, 0.29) is 5.97 Å². The monoisotopic (exact) mass is 233 g/mol. The van der Waals surface area contributed by atoms with Crippen molar-refractivity contribution in [2.24, 2.45) is 11.7 Å². The van der Waals surface area contributed by atoms with E-state index in [9.17, 15) is 9.59 Å². The van der Waals surface area contributed by atoms with Gasteiger partial charge < -0.3 is 10.5 Å². The molecule has 2 N–H and O–H groups in total. The van der Waals surface area contributed by atoms with Gasteiger partial charge in [-0.05, 0) is 18.9 Å². The van der Waals surface area contributed by atoms with Gasteiger partial charge >= 0.3 is 5.97 Å². The molecule has 1 aromatic carbocycles. The van der Waals surface area contributed by atoms with Gasteiger partial charge in [0.2, 0.25) is 5.91 Å². The summed E-state index contributed by atoms with van der Waals surface area (Å²) < 4.78 is 4.95. The van der Waals surface area contributed by atoms with Crippen molar-refractivity contribution in [3.8, 4) is 0 Å². The van der Waals surface area contributed by atoms with Crippen LogP contribution in [0.1, 0.15) is 18.9 Å². The SMILES string of the molecule is CCOC(=O)[C@@H]1C[C@@]1(C(N)=O)c1ccccc1. The normalized spacial score (nSPS) is 26.3. The summed E-state index contributed by atoms with van der Waals surface area (Å²) in [5, 5.41) is 0. The van der Waals surface area contributed by atoms with Gasteiger partial charge in [-0.3, -0.25) is 9.59 Å². The quantitative estimate of drug-likeness (QED) is 0.788. The Morgan fingerprint density at radius 1 is 1.41 bits per heavy atom. The highest BCUT2D eigenvalue weighted by Crippen LogP contribution is 2.54. The molecule has 0 aliphatic heterocycles. The molecule has 4 heteroatoms. The summed E-state index contributed by atoms with van der Waals surface area (Å²) in [7, 11) is 0. The predicted octanol–water partition coefficient (Wildman–Crippen LogP) is 0.993. The first kappa shape index (κ1) is 11.6. The van der Waals surface area contributed by atoms with Crippen LogP contribution in [0.5, 0.6) is 0 Å². The van der Waals surface area contributed by atoms with Crippen LogP contribution in [0.4, 0.5) is 0 Å². The van der Waals surface area contributed by atoms with E-state index >= 15 is 0 Å². The van der Waals surface area contributed by atoms with Crippen LogP contribution in [0, 0.1) is 5.92 Å². The molecule has 1 aromatic rings. The molecule has 1 fully saturated rings. The van der Waals surface area contributed by atoms with Gasteiger partial charge in [0.25, 0.3) is 0 Å². The summed E-state index contributed by atoms with van der Waals surface area (Å²) in [6, 6.07) is 9.18. The van der Waals surface area contributed by atoms with Crippen molar-refractivity contribution in [3.05, 3.63) is 35.9 Å². The number of carbonyl (C=O) groups is 2. The second kappa shape index (κ2) is 4.20.